The zero-order chi connectivity index (χ0) is 15.6. The number of hydrogen-bond donors (Lipinski definition) is 2. The second-order valence-corrected chi connectivity index (χ2v) is 8.54. The SMILES string of the molecule is O=S(=O)(NCCC1CCCNC1)c1cc(Br)cc2c1OCC2. The summed E-state index contributed by atoms with van der Waals surface area (Å²) in [5.74, 6) is 1.07. The van der Waals surface area contributed by atoms with E-state index in [9.17, 15) is 8.42 Å². The molecular weight excluding hydrogens is 368 g/mol. The summed E-state index contributed by atoms with van der Waals surface area (Å²) in [5, 5.41) is 3.35. The molecule has 2 aliphatic heterocycles. The first kappa shape index (κ1) is 16.2. The first-order chi connectivity index (χ1) is 10.6. The number of rotatable bonds is 5. The quantitative estimate of drug-likeness (QED) is 0.809. The van der Waals surface area contributed by atoms with Gasteiger partial charge in [0.1, 0.15) is 10.6 Å². The third-order valence-electron chi connectivity index (χ3n) is 4.25. The standard InChI is InChI=1S/C15H21BrN2O3S/c16-13-8-12-4-7-21-15(12)14(9-13)22(19,20)18-6-3-11-2-1-5-17-10-11/h8-9,11,17-18H,1-7,10H2. The average molecular weight is 389 g/mol. The first-order valence-electron chi connectivity index (χ1n) is 7.72. The van der Waals surface area contributed by atoms with E-state index in [0.29, 0.717) is 24.8 Å². The summed E-state index contributed by atoms with van der Waals surface area (Å²) in [6.07, 6.45) is 3.96. The van der Waals surface area contributed by atoms with Gasteiger partial charge < -0.3 is 10.1 Å². The maximum atomic E-state index is 12.6. The molecule has 2 N–H and O–H groups in total. The Bertz CT molecular complexity index is 642. The number of ether oxygens (including phenoxy) is 1. The van der Waals surface area contributed by atoms with Crippen LogP contribution in [0.1, 0.15) is 24.8 Å². The Kier molecular flexibility index (Phi) is 5.07. The van der Waals surface area contributed by atoms with Crippen molar-refractivity contribution in [3.63, 3.8) is 0 Å². The predicted octanol–water partition coefficient (Wildman–Crippen LogP) is 2.05. The molecule has 1 saturated heterocycles. The van der Waals surface area contributed by atoms with E-state index < -0.39 is 10.0 Å². The summed E-state index contributed by atoms with van der Waals surface area (Å²) < 4.78 is 34.1. The minimum absolute atomic E-state index is 0.246. The molecule has 0 saturated carbocycles. The first-order valence-corrected chi connectivity index (χ1v) is 9.99. The molecule has 1 unspecified atom stereocenters. The Morgan fingerprint density at radius 3 is 3.05 bits per heavy atom. The highest BCUT2D eigenvalue weighted by Gasteiger charge is 2.26. The molecule has 7 heteroatoms. The van der Waals surface area contributed by atoms with Crippen molar-refractivity contribution in [2.24, 2.45) is 5.92 Å². The molecule has 0 spiro atoms. The maximum Gasteiger partial charge on any atom is 0.244 e. The number of fused-ring (bicyclic) bond motifs is 1. The number of nitrogens with one attached hydrogen (secondary N) is 2. The molecule has 3 rings (SSSR count). The van der Waals surface area contributed by atoms with Gasteiger partial charge in [-0.25, -0.2) is 13.1 Å². The lowest BCUT2D eigenvalue weighted by Gasteiger charge is -2.22. The molecule has 122 valence electrons. The van der Waals surface area contributed by atoms with Crippen molar-refractivity contribution < 1.29 is 13.2 Å². The minimum atomic E-state index is -3.53. The van der Waals surface area contributed by atoms with Crippen LogP contribution >= 0.6 is 15.9 Å². The largest absolute Gasteiger partial charge is 0.492 e. The van der Waals surface area contributed by atoms with E-state index in [0.717, 1.165) is 36.0 Å². The van der Waals surface area contributed by atoms with Gasteiger partial charge in [0.15, 0.2) is 0 Å². The van der Waals surface area contributed by atoms with Gasteiger partial charge >= 0.3 is 0 Å². The van der Waals surface area contributed by atoms with Crippen LogP contribution in [0.3, 0.4) is 0 Å². The number of benzene rings is 1. The van der Waals surface area contributed by atoms with Crippen molar-refractivity contribution in [2.45, 2.75) is 30.6 Å². The van der Waals surface area contributed by atoms with E-state index in [2.05, 4.69) is 26.0 Å². The minimum Gasteiger partial charge on any atom is -0.492 e. The van der Waals surface area contributed by atoms with Crippen molar-refractivity contribution in [2.75, 3.05) is 26.2 Å². The molecular formula is C15H21BrN2O3S. The Morgan fingerprint density at radius 1 is 1.41 bits per heavy atom. The molecule has 5 nitrogen and oxygen atoms in total. The summed E-state index contributed by atoms with van der Waals surface area (Å²) >= 11 is 3.38. The normalized spacial score (nSPS) is 21.4. The third kappa shape index (κ3) is 3.64. The average Bonchev–Trinajstić information content (AvgIpc) is 2.95. The van der Waals surface area contributed by atoms with Gasteiger partial charge in [-0.15, -0.1) is 0 Å². The van der Waals surface area contributed by atoms with Gasteiger partial charge in [-0.05, 0) is 50.4 Å². The molecule has 0 aromatic heterocycles. The van der Waals surface area contributed by atoms with Crippen molar-refractivity contribution >= 4 is 26.0 Å². The van der Waals surface area contributed by atoms with Crippen LogP contribution in [0.4, 0.5) is 0 Å². The van der Waals surface area contributed by atoms with Gasteiger partial charge in [-0.2, -0.15) is 0 Å². The fourth-order valence-electron chi connectivity index (χ4n) is 3.08. The van der Waals surface area contributed by atoms with E-state index in [1.807, 2.05) is 6.07 Å². The molecule has 0 amide bonds. The zero-order valence-corrected chi connectivity index (χ0v) is 14.8. The lowest BCUT2D eigenvalue weighted by molar-refractivity contribution is 0.347. The van der Waals surface area contributed by atoms with Crippen LogP contribution in [-0.4, -0.2) is 34.7 Å². The third-order valence-corrected chi connectivity index (χ3v) is 6.17. The molecule has 22 heavy (non-hydrogen) atoms. The highest BCUT2D eigenvalue weighted by molar-refractivity contribution is 9.10. The Morgan fingerprint density at radius 2 is 2.27 bits per heavy atom. The Hall–Kier alpha value is -0.630. The second-order valence-electron chi connectivity index (χ2n) is 5.89. The summed E-state index contributed by atoms with van der Waals surface area (Å²) in [7, 11) is -3.53. The molecule has 1 aromatic carbocycles. The fraction of sp³-hybridized carbons (Fsp3) is 0.600. The van der Waals surface area contributed by atoms with E-state index in [-0.39, 0.29) is 4.90 Å². The summed E-state index contributed by atoms with van der Waals surface area (Å²) in [6, 6.07) is 3.55. The summed E-state index contributed by atoms with van der Waals surface area (Å²) in [6.45, 7) is 3.07. The lowest BCUT2D eigenvalue weighted by Crippen LogP contribution is -2.33. The van der Waals surface area contributed by atoms with E-state index in [1.54, 1.807) is 6.07 Å². The van der Waals surface area contributed by atoms with Gasteiger partial charge in [0, 0.05) is 23.0 Å². The molecule has 1 fully saturated rings. The zero-order valence-electron chi connectivity index (χ0n) is 12.4. The van der Waals surface area contributed by atoms with Gasteiger partial charge in [-0.1, -0.05) is 15.9 Å². The van der Waals surface area contributed by atoms with Crippen LogP contribution in [0.5, 0.6) is 5.75 Å². The van der Waals surface area contributed by atoms with Crippen molar-refractivity contribution in [3.05, 3.63) is 22.2 Å². The van der Waals surface area contributed by atoms with Gasteiger partial charge in [-0.3, -0.25) is 0 Å². The summed E-state index contributed by atoms with van der Waals surface area (Å²) in [4.78, 5) is 0.246. The highest BCUT2D eigenvalue weighted by Crippen LogP contribution is 2.35. The Labute approximate surface area is 140 Å². The molecule has 0 bridgehead atoms. The molecule has 2 aliphatic rings. The van der Waals surface area contributed by atoms with Crippen molar-refractivity contribution in [3.8, 4) is 5.75 Å². The van der Waals surface area contributed by atoms with Crippen LogP contribution < -0.4 is 14.8 Å². The van der Waals surface area contributed by atoms with Crippen LogP contribution in [0.15, 0.2) is 21.5 Å². The lowest BCUT2D eigenvalue weighted by atomic mass is 9.96. The number of piperidine rings is 1. The fourth-order valence-corrected chi connectivity index (χ4v) is 5.00. The molecule has 0 radical (unpaired) electrons. The van der Waals surface area contributed by atoms with E-state index >= 15 is 0 Å². The monoisotopic (exact) mass is 388 g/mol. The topological polar surface area (TPSA) is 67.4 Å². The summed E-state index contributed by atoms with van der Waals surface area (Å²) in [5.41, 5.74) is 0.950. The van der Waals surface area contributed by atoms with Gasteiger partial charge in [0.05, 0.1) is 6.61 Å². The highest BCUT2D eigenvalue weighted by atomic mass is 79.9. The van der Waals surface area contributed by atoms with Crippen molar-refractivity contribution in [1.29, 1.82) is 0 Å². The van der Waals surface area contributed by atoms with Crippen LogP contribution in [0.25, 0.3) is 0 Å². The van der Waals surface area contributed by atoms with Gasteiger partial charge in [0.2, 0.25) is 10.0 Å². The number of halogens is 1. The van der Waals surface area contributed by atoms with E-state index in [1.165, 1.54) is 12.8 Å². The second kappa shape index (κ2) is 6.86. The van der Waals surface area contributed by atoms with Crippen LogP contribution in [-0.2, 0) is 16.4 Å². The smallest absolute Gasteiger partial charge is 0.244 e. The van der Waals surface area contributed by atoms with E-state index in [4.69, 9.17) is 4.74 Å². The number of hydrogen-bond acceptors (Lipinski definition) is 4. The van der Waals surface area contributed by atoms with Crippen LogP contribution in [0, 0.1) is 5.92 Å². The molecule has 1 atom stereocenters. The van der Waals surface area contributed by atoms with Crippen molar-refractivity contribution in [1.82, 2.24) is 10.0 Å². The molecule has 2 heterocycles. The molecule has 0 aliphatic carbocycles. The van der Waals surface area contributed by atoms with Gasteiger partial charge in [0.25, 0.3) is 0 Å². The Balaban J connectivity index is 1.68. The number of sulfonamides is 1. The van der Waals surface area contributed by atoms with Crippen LogP contribution in [0.2, 0.25) is 0 Å². The maximum absolute atomic E-state index is 12.6. The molecule has 1 aromatic rings. The predicted molar refractivity (Wildman–Crippen MR) is 88.7 cm³/mol.